The number of halogens is 2. The van der Waals surface area contributed by atoms with Crippen LogP contribution in [0.4, 0.5) is 4.39 Å². The van der Waals surface area contributed by atoms with E-state index >= 15 is 0 Å². The van der Waals surface area contributed by atoms with Crippen LogP contribution in [-0.4, -0.2) is 37.5 Å². The van der Waals surface area contributed by atoms with Crippen LogP contribution in [0.3, 0.4) is 0 Å². The van der Waals surface area contributed by atoms with Gasteiger partial charge in [-0.25, -0.2) is 12.8 Å². The lowest BCUT2D eigenvalue weighted by atomic mass is 9.79. The van der Waals surface area contributed by atoms with Gasteiger partial charge in [-0.2, -0.15) is 4.31 Å². The van der Waals surface area contributed by atoms with Crippen molar-refractivity contribution in [3.63, 3.8) is 0 Å². The fourth-order valence-electron chi connectivity index (χ4n) is 2.86. The fraction of sp³-hybridized carbons (Fsp3) is 0.467. The van der Waals surface area contributed by atoms with Gasteiger partial charge < -0.3 is 5.11 Å². The molecule has 0 radical (unpaired) electrons. The molecule has 1 aliphatic heterocycles. The first-order valence-electron chi connectivity index (χ1n) is 7.02. The average Bonchev–Trinajstić information content (AvgIpc) is 2.47. The van der Waals surface area contributed by atoms with E-state index in [1.165, 1.54) is 10.4 Å². The molecule has 1 atom stereocenters. The molecule has 1 N–H and O–H groups in total. The van der Waals surface area contributed by atoms with Gasteiger partial charge in [0.15, 0.2) is 0 Å². The quantitative estimate of drug-likeness (QED) is 0.833. The van der Waals surface area contributed by atoms with E-state index in [1.807, 2.05) is 0 Å². The molecule has 1 aromatic rings. The first-order valence-corrected chi connectivity index (χ1v) is 8.83. The molecule has 1 unspecified atom stereocenters. The predicted octanol–water partition coefficient (Wildman–Crippen LogP) is 2.82. The molecule has 0 aromatic heterocycles. The molecule has 0 amide bonds. The van der Waals surface area contributed by atoms with Crippen LogP contribution in [0, 0.1) is 11.2 Å². The number of allylic oxidation sites excluding steroid dienone is 1. The average molecular weight is 348 g/mol. The second-order valence-corrected chi connectivity index (χ2v) is 7.98. The minimum Gasteiger partial charge on any atom is -0.396 e. The molecule has 0 bridgehead atoms. The highest BCUT2D eigenvalue weighted by Crippen LogP contribution is 2.36. The van der Waals surface area contributed by atoms with E-state index in [2.05, 4.69) is 6.58 Å². The monoisotopic (exact) mass is 347 g/mol. The van der Waals surface area contributed by atoms with Crippen LogP contribution in [0.25, 0.3) is 0 Å². The van der Waals surface area contributed by atoms with Crippen molar-refractivity contribution in [3.8, 4) is 0 Å². The molecule has 4 nitrogen and oxygen atoms in total. The predicted molar refractivity (Wildman–Crippen MR) is 83.7 cm³/mol. The smallest absolute Gasteiger partial charge is 0.244 e. The molecule has 122 valence electrons. The summed E-state index contributed by atoms with van der Waals surface area (Å²) < 4.78 is 39.9. The summed E-state index contributed by atoms with van der Waals surface area (Å²) in [5, 5.41) is 9.54. The number of hydrogen-bond donors (Lipinski definition) is 1. The lowest BCUT2D eigenvalue weighted by molar-refractivity contribution is 0.0669. The second-order valence-electron chi connectivity index (χ2n) is 5.67. The van der Waals surface area contributed by atoms with Crippen molar-refractivity contribution in [1.82, 2.24) is 4.31 Å². The summed E-state index contributed by atoms with van der Waals surface area (Å²) in [5.74, 6) is -0.584. The van der Waals surface area contributed by atoms with Crippen molar-refractivity contribution in [1.29, 1.82) is 0 Å². The van der Waals surface area contributed by atoms with Crippen molar-refractivity contribution in [2.24, 2.45) is 5.41 Å². The topological polar surface area (TPSA) is 57.6 Å². The van der Waals surface area contributed by atoms with Gasteiger partial charge in [0.2, 0.25) is 10.0 Å². The van der Waals surface area contributed by atoms with E-state index in [0.29, 0.717) is 19.4 Å². The van der Waals surface area contributed by atoms with Gasteiger partial charge in [-0.3, -0.25) is 0 Å². The zero-order chi connectivity index (χ0) is 16.4. The molecule has 1 aromatic carbocycles. The molecule has 0 saturated carbocycles. The number of piperidine rings is 1. The van der Waals surface area contributed by atoms with Crippen molar-refractivity contribution >= 4 is 21.6 Å². The van der Waals surface area contributed by atoms with E-state index in [0.717, 1.165) is 18.6 Å². The molecular weight excluding hydrogens is 329 g/mol. The third-order valence-corrected chi connectivity index (χ3v) is 6.38. The Morgan fingerprint density at radius 3 is 2.82 bits per heavy atom. The van der Waals surface area contributed by atoms with E-state index in [-0.39, 0.29) is 23.1 Å². The summed E-state index contributed by atoms with van der Waals surface area (Å²) in [5.41, 5.74) is -0.514. The Hall–Kier alpha value is -0.950. The molecule has 1 heterocycles. The number of rotatable bonds is 5. The normalized spacial score (nSPS) is 23.4. The third-order valence-electron chi connectivity index (χ3n) is 4.05. The lowest BCUT2D eigenvalue weighted by Gasteiger charge is -2.40. The number of hydrogen-bond acceptors (Lipinski definition) is 3. The summed E-state index contributed by atoms with van der Waals surface area (Å²) in [7, 11) is -3.82. The van der Waals surface area contributed by atoms with Crippen LogP contribution in [-0.2, 0) is 10.0 Å². The molecule has 0 spiro atoms. The Bertz CT molecular complexity index is 665. The molecule has 0 aliphatic carbocycles. The van der Waals surface area contributed by atoms with Crippen LogP contribution in [0.1, 0.15) is 19.3 Å². The molecule has 22 heavy (non-hydrogen) atoms. The highest BCUT2D eigenvalue weighted by atomic mass is 35.5. The fourth-order valence-corrected chi connectivity index (χ4v) is 4.95. The zero-order valence-electron chi connectivity index (χ0n) is 12.1. The number of aliphatic hydroxyl groups is 1. The van der Waals surface area contributed by atoms with Crippen molar-refractivity contribution in [2.45, 2.75) is 24.2 Å². The van der Waals surface area contributed by atoms with Crippen LogP contribution in [0.5, 0.6) is 0 Å². The standard InChI is InChI=1S/C15H19ClFNO3S/c1-2-6-15(11-19)7-3-8-18(10-15)22(20,21)14-5-4-12(17)9-13(14)16/h2,4-5,9,19H,1,3,6-8,10-11H2. The van der Waals surface area contributed by atoms with Gasteiger partial charge in [0, 0.05) is 18.5 Å². The highest BCUT2D eigenvalue weighted by molar-refractivity contribution is 7.89. The molecule has 1 fully saturated rings. The molecule has 1 aliphatic rings. The number of sulfonamides is 1. The van der Waals surface area contributed by atoms with E-state index < -0.39 is 21.3 Å². The summed E-state index contributed by atoms with van der Waals surface area (Å²) >= 11 is 5.89. The summed E-state index contributed by atoms with van der Waals surface area (Å²) in [4.78, 5) is -0.108. The van der Waals surface area contributed by atoms with Gasteiger partial charge in [-0.15, -0.1) is 6.58 Å². The highest BCUT2D eigenvalue weighted by Gasteiger charge is 2.39. The maximum Gasteiger partial charge on any atom is 0.244 e. The summed E-state index contributed by atoms with van der Waals surface area (Å²) in [6.07, 6.45) is 3.61. The number of benzene rings is 1. The lowest BCUT2D eigenvalue weighted by Crippen LogP contribution is -2.47. The molecule has 7 heteroatoms. The van der Waals surface area contributed by atoms with Crippen LogP contribution in [0.15, 0.2) is 35.7 Å². The van der Waals surface area contributed by atoms with Crippen molar-refractivity contribution in [2.75, 3.05) is 19.7 Å². The van der Waals surface area contributed by atoms with Gasteiger partial charge >= 0.3 is 0 Å². The van der Waals surface area contributed by atoms with E-state index in [9.17, 15) is 17.9 Å². The first kappa shape index (κ1) is 17.4. The van der Waals surface area contributed by atoms with Crippen LogP contribution in [0.2, 0.25) is 5.02 Å². The Kier molecular flexibility index (Phi) is 5.27. The molecule has 1 saturated heterocycles. The van der Waals surface area contributed by atoms with Crippen molar-refractivity contribution < 1.29 is 17.9 Å². The Morgan fingerprint density at radius 2 is 2.23 bits per heavy atom. The Balaban J connectivity index is 2.34. The third kappa shape index (κ3) is 3.35. The first-order chi connectivity index (χ1) is 10.3. The summed E-state index contributed by atoms with van der Waals surface area (Å²) in [6, 6.07) is 3.24. The maximum atomic E-state index is 13.1. The number of nitrogens with zero attached hydrogens (tertiary/aromatic N) is 1. The Labute approximate surface area is 135 Å². The van der Waals surface area contributed by atoms with Gasteiger partial charge in [0.1, 0.15) is 10.7 Å². The van der Waals surface area contributed by atoms with Gasteiger partial charge in [0.05, 0.1) is 11.6 Å². The molecule has 2 rings (SSSR count). The largest absolute Gasteiger partial charge is 0.396 e. The van der Waals surface area contributed by atoms with Gasteiger partial charge in [-0.05, 0) is 37.5 Å². The number of aliphatic hydroxyl groups excluding tert-OH is 1. The molecular formula is C15H19ClFNO3S. The van der Waals surface area contributed by atoms with Gasteiger partial charge in [-0.1, -0.05) is 17.7 Å². The second kappa shape index (κ2) is 6.66. The van der Waals surface area contributed by atoms with E-state index in [1.54, 1.807) is 6.08 Å². The minimum atomic E-state index is -3.82. The summed E-state index contributed by atoms with van der Waals surface area (Å²) in [6.45, 7) is 4.12. The van der Waals surface area contributed by atoms with Gasteiger partial charge in [0.25, 0.3) is 0 Å². The van der Waals surface area contributed by atoms with E-state index in [4.69, 9.17) is 11.6 Å². The minimum absolute atomic E-state index is 0.108. The SMILES string of the molecule is C=CCC1(CO)CCCN(S(=O)(=O)c2ccc(F)cc2Cl)C1. The van der Waals surface area contributed by atoms with Crippen molar-refractivity contribution in [3.05, 3.63) is 41.7 Å². The van der Waals surface area contributed by atoms with Crippen LogP contribution < -0.4 is 0 Å². The zero-order valence-corrected chi connectivity index (χ0v) is 13.7. The maximum absolute atomic E-state index is 13.1. The van der Waals surface area contributed by atoms with Crippen LogP contribution >= 0.6 is 11.6 Å². The Morgan fingerprint density at radius 1 is 1.50 bits per heavy atom.